The molecular formula is C18H19N3O2. The Morgan fingerprint density at radius 2 is 2.13 bits per heavy atom. The summed E-state index contributed by atoms with van der Waals surface area (Å²) in [5.74, 6) is -0.216. The van der Waals surface area contributed by atoms with Crippen LogP contribution in [0.3, 0.4) is 0 Å². The second-order valence-corrected chi connectivity index (χ2v) is 5.69. The monoisotopic (exact) mass is 309 g/mol. The third-order valence-electron chi connectivity index (χ3n) is 3.84. The Balaban J connectivity index is 1.76. The molecule has 118 valence electrons. The van der Waals surface area contributed by atoms with Gasteiger partial charge in [0.15, 0.2) is 0 Å². The van der Waals surface area contributed by atoms with Crippen LogP contribution in [0.2, 0.25) is 0 Å². The van der Waals surface area contributed by atoms with Crippen molar-refractivity contribution < 1.29 is 9.90 Å². The van der Waals surface area contributed by atoms with Crippen molar-refractivity contribution >= 4 is 16.8 Å². The van der Waals surface area contributed by atoms with E-state index in [-0.39, 0.29) is 18.6 Å². The lowest BCUT2D eigenvalue weighted by atomic mass is 10.0. The average molecular weight is 309 g/mol. The molecule has 5 nitrogen and oxygen atoms in total. The number of nitrogens with zero attached hydrogens (tertiary/aromatic N) is 1. The van der Waals surface area contributed by atoms with Gasteiger partial charge in [-0.3, -0.25) is 9.89 Å². The maximum atomic E-state index is 12.5. The molecule has 3 rings (SSSR count). The molecular weight excluding hydrogens is 290 g/mol. The number of carbonyl (C=O) groups is 1. The predicted molar refractivity (Wildman–Crippen MR) is 89.3 cm³/mol. The summed E-state index contributed by atoms with van der Waals surface area (Å²) < 4.78 is 0. The van der Waals surface area contributed by atoms with Gasteiger partial charge in [-0.15, -0.1) is 0 Å². The van der Waals surface area contributed by atoms with Crippen molar-refractivity contribution in [2.45, 2.75) is 19.4 Å². The lowest BCUT2D eigenvalue weighted by molar-refractivity contribution is 0.0918. The number of rotatable bonds is 5. The molecule has 1 amide bonds. The summed E-state index contributed by atoms with van der Waals surface area (Å²) in [4.78, 5) is 12.5. The van der Waals surface area contributed by atoms with Crippen molar-refractivity contribution in [3.8, 4) is 0 Å². The number of aliphatic hydroxyl groups is 1. The van der Waals surface area contributed by atoms with Gasteiger partial charge in [0.1, 0.15) is 0 Å². The minimum Gasteiger partial charge on any atom is -0.394 e. The number of nitrogens with one attached hydrogen (secondary N) is 2. The van der Waals surface area contributed by atoms with Crippen molar-refractivity contribution in [2.24, 2.45) is 0 Å². The van der Waals surface area contributed by atoms with Gasteiger partial charge >= 0.3 is 0 Å². The molecule has 23 heavy (non-hydrogen) atoms. The highest BCUT2D eigenvalue weighted by molar-refractivity contribution is 6.05. The minimum atomic E-state index is -0.331. The highest BCUT2D eigenvalue weighted by Crippen LogP contribution is 2.16. The lowest BCUT2D eigenvalue weighted by Crippen LogP contribution is -2.39. The van der Waals surface area contributed by atoms with Crippen LogP contribution in [0.4, 0.5) is 0 Å². The van der Waals surface area contributed by atoms with Crippen molar-refractivity contribution in [2.75, 3.05) is 6.61 Å². The van der Waals surface area contributed by atoms with Gasteiger partial charge in [0.05, 0.1) is 29.9 Å². The summed E-state index contributed by atoms with van der Waals surface area (Å²) in [6, 6.07) is 13.2. The van der Waals surface area contributed by atoms with Crippen LogP contribution < -0.4 is 5.32 Å². The molecule has 0 saturated heterocycles. The Labute approximate surface area is 134 Å². The molecule has 5 heteroatoms. The molecule has 2 aromatic carbocycles. The van der Waals surface area contributed by atoms with E-state index in [0.29, 0.717) is 17.5 Å². The van der Waals surface area contributed by atoms with E-state index in [1.807, 2.05) is 37.3 Å². The van der Waals surface area contributed by atoms with E-state index in [4.69, 9.17) is 0 Å². The largest absolute Gasteiger partial charge is 0.394 e. The number of amides is 1. The third-order valence-corrected chi connectivity index (χ3v) is 3.84. The Bertz CT molecular complexity index is 826. The summed E-state index contributed by atoms with van der Waals surface area (Å²) in [7, 11) is 0. The maximum absolute atomic E-state index is 12.5. The summed E-state index contributed by atoms with van der Waals surface area (Å²) in [5, 5.41) is 20.2. The first-order valence-electron chi connectivity index (χ1n) is 7.56. The summed E-state index contributed by atoms with van der Waals surface area (Å²) in [6.07, 6.45) is 2.27. The van der Waals surface area contributed by atoms with Crippen LogP contribution in [0.1, 0.15) is 21.5 Å². The van der Waals surface area contributed by atoms with E-state index in [1.54, 1.807) is 12.3 Å². The first kappa shape index (κ1) is 15.2. The molecule has 0 radical (unpaired) electrons. The van der Waals surface area contributed by atoms with Crippen molar-refractivity contribution in [3.63, 3.8) is 0 Å². The minimum absolute atomic E-state index is 0.112. The van der Waals surface area contributed by atoms with E-state index >= 15 is 0 Å². The first-order valence-corrected chi connectivity index (χ1v) is 7.56. The number of aryl methyl sites for hydroxylation is 1. The summed E-state index contributed by atoms with van der Waals surface area (Å²) >= 11 is 0. The molecule has 0 bridgehead atoms. The smallest absolute Gasteiger partial charge is 0.253 e. The van der Waals surface area contributed by atoms with Crippen LogP contribution in [0.5, 0.6) is 0 Å². The van der Waals surface area contributed by atoms with Crippen LogP contribution >= 0.6 is 0 Å². The van der Waals surface area contributed by atoms with Gasteiger partial charge in [-0.1, -0.05) is 42.0 Å². The molecule has 1 heterocycles. The molecule has 1 aromatic heterocycles. The number of aromatic nitrogens is 2. The van der Waals surface area contributed by atoms with Gasteiger partial charge in [0.25, 0.3) is 5.91 Å². The molecule has 0 aliphatic heterocycles. The van der Waals surface area contributed by atoms with E-state index < -0.39 is 0 Å². The molecule has 1 unspecified atom stereocenters. The Kier molecular flexibility index (Phi) is 4.39. The predicted octanol–water partition coefficient (Wildman–Crippen LogP) is 2.20. The number of aromatic amines is 1. The lowest BCUT2D eigenvalue weighted by Gasteiger charge is -2.17. The van der Waals surface area contributed by atoms with Crippen LogP contribution in [-0.2, 0) is 6.42 Å². The van der Waals surface area contributed by atoms with Crippen molar-refractivity contribution in [3.05, 3.63) is 65.4 Å². The second-order valence-electron chi connectivity index (χ2n) is 5.69. The maximum Gasteiger partial charge on any atom is 0.253 e. The second kappa shape index (κ2) is 6.62. The third kappa shape index (κ3) is 3.40. The van der Waals surface area contributed by atoms with Gasteiger partial charge in [-0.25, -0.2) is 0 Å². The number of H-pyrrole nitrogens is 1. The highest BCUT2D eigenvalue weighted by atomic mass is 16.3. The number of benzene rings is 2. The highest BCUT2D eigenvalue weighted by Gasteiger charge is 2.16. The fourth-order valence-electron chi connectivity index (χ4n) is 2.71. The van der Waals surface area contributed by atoms with E-state index in [9.17, 15) is 9.90 Å². The fourth-order valence-corrected chi connectivity index (χ4v) is 2.71. The number of hydrogen-bond donors (Lipinski definition) is 3. The Hall–Kier alpha value is -2.66. The van der Waals surface area contributed by atoms with Gasteiger partial charge in [-0.2, -0.15) is 5.10 Å². The zero-order valence-electron chi connectivity index (χ0n) is 12.9. The molecule has 1 atom stereocenters. The molecule has 0 fully saturated rings. The molecule has 0 saturated carbocycles. The standard InChI is InChI=1S/C18H19N3O2/c1-12-4-2-5-13(8-12)9-15(11-22)20-18(23)16-7-3-6-14-10-19-21-17(14)16/h2-8,10,15,22H,9,11H2,1H3,(H,19,21)(H,20,23). The van der Waals surface area contributed by atoms with Crippen LogP contribution in [-0.4, -0.2) is 33.9 Å². The average Bonchev–Trinajstić information content (AvgIpc) is 3.02. The van der Waals surface area contributed by atoms with Gasteiger partial charge < -0.3 is 10.4 Å². The molecule has 0 aliphatic carbocycles. The van der Waals surface area contributed by atoms with Crippen molar-refractivity contribution in [1.29, 1.82) is 0 Å². The SMILES string of the molecule is Cc1cccc(CC(CO)NC(=O)c2cccc3cn[nH]c23)c1. The van der Waals surface area contributed by atoms with Gasteiger partial charge in [0, 0.05) is 5.39 Å². The number of para-hydroxylation sites is 1. The number of fused-ring (bicyclic) bond motifs is 1. The number of hydrogen-bond acceptors (Lipinski definition) is 3. The Morgan fingerprint density at radius 1 is 1.30 bits per heavy atom. The fraction of sp³-hybridized carbons (Fsp3) is 0.222. The summed E-state index contributed by atoms with van der Waals surface area (Å²) in [6.45, 7) is 1.91. The Morgan fingerprint density at radius 3 is 2.91 bits per heavy atom. The molecule has 0 spiro atoms. The van der Waals surface area contributed by atoms with Crippen LogP contribution in [0.15, 0.2) is 48.7 Å². The summed E-state index contributed by atoms with van der Waals surface area (Å²) in [5.41, 5.74) is 3.48. The molecule has 3 N–H and O–H groups in total. The van der Waals surface area contributed by atoms with Crippen LogP contribution in [0.25, 0.3) is 10.9 Å². The zero-order chi connectivity index (χ0) is 16.2. The van der Waals surface area contributed by atoms with Crippen molar-refractivity contribution in [1.82, 2.24) is 15.5 Å². The normalized spacial score (nSPS) is 12.3. The zero-order valence-corrected chi connectivity index (χ0v) is 12.9. The quantitative estimate of drug-likeness (QED) is 0.676. The van der Waals surface area contributed by atoms with E-state index in [2.05, 4.69) is 21.6 Å². The van der Waals surface area contributed by atoms with E-state index in [1.165, 1.54) is 0 Å². The van der Waals surface area contributed by atoms with E-state index in [0.717, 1.165) is 16.5 Å². The topological polar surface area (TPSA) is 78.0 Å². The molecule has 0 aliphatic rings. The molecule has 3 aromatic rings. The van der Waals surface area contributed by atoms with Crippen LogP contribution in [0, 0.1) is 6.92 Å². The van der Waals surface area contributed by atoms with Gasteiger partial charge in [-0.05, 0) is 25.0 Å². The van der Waals surface area contributed by atoms with Gasteiger partial charge in [0.2, 0.25) is 0 Å². The number of carbonyl (C=O) groups excluding carboxylic acids is 1. The number of aliphatic hydroxyl groups excluding tert-OH is 1. The first-order chi connectivity index (χ1) is 11.2.